The molecule has 152 valence electrons. The van der Waals surface area contributed by atoms with Gasteiger partial charge in [0.2, 0.25) is 5.91 Å². The zero-order chi connectivity index (χ0) is 20.9. The van der Waals surface area contributed by atoms with Gasteiger partial charge in [0, 0.05) is 37.5 Å². The summed E-state index contributed by atoms with van der Waals surface area (Å²) in [6.07, 6.45) is 5.74. The highest BCUT2D eigenvalue weighted by molar-refractivity contribution is 5.90. The predicted octanol–water partition coefficient (Wildman–Crippen LogP) is 4.61. The molecule has 1 N–H and O–H groups in total. The summed E-state index contributed by atoms with van der Waals surface area (Å²) in [5.41, 5.74) is 2.20. The lowest BCUT2D eigenvalue weighted by Gasteiger charge is -2.08. The molecule has 0 saturated heterocycles. The molecule has 1 amide bonds. The van der Waals surface area contributed by atoms with Gasteiger partial charge in [-0.25, -0.2) is 14.4 Å². The molecular formula is C23H21FN4O2. The number of carbonyl (C=O) groups is 1. The molecule has 2 heterocycles. The van der Waals surface area contributed by atoms with Gasteiger partial charge in [-0.15, -0.1) is 0 Å². The van der Waals surface area contributed by atoms with E-state index in [0.29, 0.717) is 23.6 Å². The monoisotopic (exact) mass is 404 g/mol. The van der Waals surface area contributed by atoms with E-state index in [-0.39, 0.29) is 18.1 Å². The van der Waals surface area contributed by atoms with Crippen molar-refractivity contribution in [2.45, 2.75) is 26.3 Å². The summed E-state index contributed by atoms with van der Waals surface area (Å²) >= 11 is 0. The Balaban J connectivity index is 1.30. The van der Waals surface area contributed by atoms with E-state index in [9.17, 15) is 9.18 Å². The number of halogens is 1. The highest BCUT2D eigenvalue weighted by Crippen LogP contribution is 2.23. The fraction of sp³-hybridized carbons (Fsp3) is 0.174. The normalized spacial score (nSPS) is 10.9. The van der Waals surface area contributed by atoms with Gasteiger partial charge >= 0.3 is 0 Å². The van der Waals surface area contributed by atoms with E-state index in [0.717, 1.165) is 23.6 Å². The number of aromatic nitrogens is 3. The van der Waals surface area contributed by atoms with Gasteiger partial charge < -0.3 is 14.3 Å². The van der Waals surface area contributed by atoms with Crippen molar-refractivity contribution in [1.82, 2.24) is 14.5 Å². The summed E-state index contributed by atoms with van der Waals surface area (Å²) < 4.78 is 21.5. The zero-order valence-electron chi connectivity index (χ0n) is 16.5. The number of hydrogen-bond donors (Lipinski definition) is 1. The fourth-order valence-electron chi connectivity index (χ4n) is 3.12. The molecule has 4 rings (SSSR count). The zero-order valence-corrected chi connectivity index (χ0v) is 16.5. The molecule has 0 spiro atoms. The molecule has 0 fully saturated rings. The molecule has 0 saturated carbocycles. The Morgan fingerprint density at radius 2 is 1.93 bits per heavy atom. The van der Waals surface area contributed by atoms with E-state index in [1.165, 1.54) is 12.3 Å². The van der Waals surface area contributed by atoms with Crippen LogP contribution in [0.25, 0.3) is 11.3 Å². The van der Waals surface area contributed by atoms with Crippen LogP contribution in [0.15, 0.2) is 71.5 Å². The second kappa shape index (κ2) is 8.73. The summed E-state index contributed by atoms with van der Waals surface area (Å²) in [5.74, 6) is 1.20. The number of aryl methyl sites for hydroxylation is 2. The van der Waals surface area contributed by atoms with Crippen LogP contribution >= 0.6 is 0 Å². The first-order valence-corrected chi connectivity index (χ1v) is 9.64. The summed E-state index contributed by atoms with van der Waals surface area (Å²) in [5, 5.41) is 2.87. The highest BCUT2D eigenvalue weighted by Gasteiger charge is 2.12. The average molecular weight is 404 g/mol. The van der Waals surface area contributed by atoms with Crippen LogP contribution in [0.2, 0.25) is 0 Å². The van der Waals surface area contributed by atoms with Crippen molar-refractivity contribution in [1.29, 1.82) is 0 Å². The Labute approximate surface area is 173 Å². The van der Waals surface area contributed by atoms with Gasteiger partial charge in [0.05, 0.1) is 11.8 Å². The molecule has 30 heavy (non-hydrogen) atoms. The molecule has 0 unspecified atom stereocenters. The minimum Gasteiger partial charge on any atom is -0.441 e. The first kappa shape index (κ1) is 19.6. The van der Waals surface area contributed by atoms with Crippen LogP contribution < -0.4 is 5.32 Å². The number of nitrogens with zero attached hydrogens (tertiary/aromatic N) is 3. The maximum absolute atomic E-state index is 13.8. The summed E-state index contributed by atoms with van der Waals surface area (Å²) in [7, 11) is 0. The van der Waals surface area contributed by atoms with E-state index in [2.05, 4.69) is 19.9 Å². The maximum atomic E-state index is 13.8. The summed E-state index contributed by atoms with van der Waals surface area (Å²) in [6, 6.07) is 14.0. The topological polar surface area (TPSA) is 73.0 Å². The molecule has 7 heteroatoms. The Morgan fingerprint density at radius 1 is 1.13 bits per heavy atom. The number of rotatable bonds is 7. The lowest BCUT2D eigenvalue weighted by Crippen LogP contribution is -2.12. The van der Waals surface area contributed by atoms with Gasteiger partial charge in [-0.1, -0.05) is 24.3 Å². The second-order valence-corrected chi connectivity index (χ2v) is 6.95. The number of benzene rings is 2. The third kappa shape index (κ3) is 4.63. The van der Waals surface area contributed by atoms with Crippen molar-refractivity contribution < 1.29 is 13.6 Å². The molecule has 0 radical (unpaired) electrons. The van der Waals surface area contributed by atoms with Gasteiger partial charge in [0.15, 0.2) is 11.7 Å². The van der Waals surface area contributed by atoms with Crippen molar-refractivity contribution in [3.05, 3.63) is 90.2 Å². The number of hydrogen-bond acceptors (Lipinski definition) is 4. The Kier molecular flexibility index (Phi) is 5.70. The number of oxazole rings is 1. The summed E-state index contributed by atoms with van der Waals surface area (Å²) in [6.45, 7) is 2.69. The number of carbonyl (C=O) groups excluding carboxylic acids is 1. The highest BCUT2D eigenvalue weighted by atomic mass is 19.1. The smallest absolute Gasteiger partial charge is 0.224 e. The molecule has 0 aliphatic heterocycles. The molecule has 0 bridgehead atoms. The van der Waals surface area contributed by atoms with Gasteiger partial charge in [-0.2, -0.15) is 0 Å². The molecule has 2 aromatic carbocycles. The number of anilines is 1. The minimum absolute atomic E-state index is 0.140. The molecule has 2 aromatic heterocycles. The molecular weight excluding hydrogens is 383 g/mol. The molecule has 4 aromatic rings. The van der Waals surface area contributed by atoms with Crippen LogP contribution in [0.4, 0.5) is 10.1 Å². The average Bonchev–Trinajstić information content (AvgIpc) is 3.38. The first-order chi connectivity index (χ1) is 14.6. The third-order valence-electron chi connectivity index (χ3n) is 4.77. The fourth-order valence-corrected chi connectivity index (χ4v) is 3.12. The predicted molar refractivity (Wildman–Crippen MR) is 111 cm³/mol. The molecule has 0 aliphatic carbocycles. The Hall–Kier alpha value is -3.74. The maximum Gasteiger partial charge on any atom is 0.224 e. The van der Waals surface area contributed by atoms with E-state index < -0.39 is 0 Å². The van der Waals surface area contributed by atoms with Crippen molar-refractivity contribution in [2.24, 2.45) is 0 Å². The largest absolute Gasteiger partial charge is 0.441 e. The van der Waals surface area contributed by atoms with Crippen LogP contribution in [-0.2, 0) is 17.8 Å². The van der Waals surface area contributed by atoms with Crippen molar-refractivity contribution in [3.8, 4) is 11.3 Å². The van der Waals surface area contributed by atoms with E-state index in [1.807, 2.05) is 37.4 Å². The SMILES string of the molecule is Cc1nccn1Cc1ccc(NC(=O)CCc2ncc(-c3ccccc3F)o2)cc1. The quantitative estimate of drug-likeness (QED) is 0.488. The van der Waals surface area contributed by atoms with Crippen molar-refractivity contribution in [2.75, 3.05) is 5.32 Å². The Bertz CT molecular complexity index is 1150. The van der Waals surface area contributed by atoms with Crippen molar-refractivity contribution >= 4 is 11.6 Å². The van der Waals surface area contributed by atoms with E-state index >= 15 is 0 Å². The third-order valence-corrected chi connectivity index (χ3v) is 4.77. The summed E-state index contributed by atoms with van der Waals surface area (Å²) in [4.78, 5) is 20.6. The van der Waals surface area contributed by atoms with E-state index in [4.69, 9.17) is 4.42 Å². The molecule has 6 nitrogen and oxygen atoms in total. The van der Waals surface area contributed by atoms with Crippen LogP contribution in [0.5, 0.6) is 0 Å². The second-order valence-electron chi connectivity index (χ2n) is 6.95. The van der Waals surface area contributed by atoms with Gasteiger partial charge in [0.25, 0.3) is 0 Å². The van der Waals surface area contributed by atoms with E-state index in [1.54, 1.807) is 24.4 Å². The van der Waals surface area contributed by atoms with Gasteiger partial charge in [-0.05, 0) is 36.8 Å². The van der Waals surface area contributed by atoms with Gasteiger partial charge in [-0.3, -0.25) is 4.79 Å². The molecule has 0 atom stereocenters. The van der Waals surface area contributed by atoms with Crippen LogP contribution in [0, 0.1) is 12.7 Å². The van der Waals surface area contributed by atoms with Crippen LogP contribution in [0.3, 0.4) is 0 Å². The van der Waals surface area contributed by atoms with Crippen LogP contribution in [-0.4, -0.2) is 20.4 Å². The first-order valence-electron chi connectivity index (χ1n) is 9.64. The Morgan fingerprint density at radius 3 is 2.67 bits per heavy atom. The number of nitrogens with one attached hydrogen (secondary N) is 1. The lowest BCUT2D eigenvalue weighted by molar-refractivity contribution is -0.116. The minimum atomic E-state index is -0.371. The number of amides is 1. The number of imidazole rings is 1. The molecule has 0 aliphatic rings. The standard InChI is InChI=1S/C23H21FN4O2/c1-16-25-12-13-28(16)15-17-6-8-18(9-7-17)27-22(29)10-11-23-26-14-21(30-23)19-4-2-3-5-20(19)24/h2-9,12-14H,10-11,15H2,1H3,(H,27,29). The van der Waals surface area contributed by atoms with Crippen LogP contribution in [0.1, 0.15) is 23.7 Å². The van der Waals surface area contributed by atoms with Crippen molar-refractivity contribution in [3.63, 3.8) is 0 Å². The van der Waals surface area contributed by atoms with Gasteiger partial charge in [0.1, 0.15) is 11.6 Å². The lowest BCUT2D eigenvalue weighted by atomic mass is 10.2.